The molecule has 0 saturated carbocycles. The minimum absolute atomic E-state index is 0.114. The Morgan fingerprint density at radius 2 is 2.04 bits per heavy atom. The van der Waals surface area contributed by atoms with Crippen LogP contribution in [0.25, 0.3) is 11.3 Å². The molecule has 4 rings (SSSR count). The maximum Gasteiger partial charge on any atom is 0.223 e. The van der Waals surface area contributed by atoms with Crippen LogP contribution >= 0.6 is 0 Å². The molecule has 1 fully saturated rings. The van der Waals surface area contributed by atoms with Gasteiger partial charge in [-0.1, -0.05) is 29.8 Å². The lowest BCUT2D eigenvalue weighted by molar-refractivity contribution is -0.128. The molecule has 1 aliphatic heterocycles. The summed E-state index contributed by atoms with van der Waals surface area (Å²) >= 11 is 0. The topological polar surface area (TPSA) is 61.9 Å². The number of pyridine rings is 1. The molecule has 0 unspecified atom stereocenters. The molecule has 0 aliphatic carbocycles. The number of hydrogen-bond donors (Lipinski definition) is 1. The molecule has 2 aromatic heterocycles. The number of aromatic nitrogens is 3. The van der Waals surface area contributed by atoms with E-state index in [1.807, 2.05) is 23.2 Å². The van der Waals surface area contributed by atoms with Crippen molar-refractivity contribution in [3.8, 4) is 11.3 Å². The van der Waals surface area contributed by atoms with E-state index in [-0.39, 0.29) is 11.8 Å². The van der Waals surface area contributed by atoms with Gasteiger partial charge >= 0.3 is 0 Å². The zero-order chi connectivity index (χ0) is 17.2. The molecule has 5 heteroatoms. The van der Waals surface area contributed by atoms with Crippen molar-refractivity contribution in [3.05, 3.63) is 71.9 Å². The predicted molar refractivity (Wildman–Crippen MR) is 95.8 cm³/mol. The highest BCUT2D eigenvalue weighted by Crippen LogP contribution is 2.29. The average Bonchev–Trinajstić information content (AvgIpc) is 3.25. The first-order valence-corrected chi connectivity index (χ1v) is 8.47. The van der Waals surface area contributed by atoms with Gasteiger partial charge in [0.15, 0.2) is 0 Å². The fourth-order valence-electron chi connectivity index (χ4n) is 3.23. The zero-order valence-electron chi connectivity index (χ0n) is 14.1. The lowest BCUT2D eigenvalue weighted by Gasteiger charge is -2.16. The predicted octanol–water partition coefficient (Wildman–Crippen LogP) is 3.30. The van der Waals surface area contributed by atoms with Crippen LogP contribution in [0.3, 0.4) is 0 Å². The molecular formula is C20H20N4O. The van der Waals surface area contributed by atoms with Crippen LogP contribution in [0.1, 0.15) is 29.3 Å². The number of nitrogens with zero attached hydrogens (tertiary/aromatic N) is 3. The first-order chi connectivity index (χ1) is 12.2. The van der Waals surface area contributed by atoms with Crippen LogP contribution in [0, 0.1) is 6.92 Å². The highest BCUT2D eigenvalue weighted by molar-refractivity contribution is 5.79. The van der Waals surface area contributed by atoms with Gasteiger partial charge < -0.3 is 9.88 Å². The first-order valence-electron chi connectivity index (χ1n) is 8.47. The van der Waals surface area contributed by atoms with E-state index in [4.69, 9.17) is 0 Å². The van der Waals surface area contributed by atoms with Crippen molar-refractivity contribution in [1.29, 1.82) is 0 Å². The summed E-state index contributed by atoms with van der Waals surface area (Å²) in [6, 6.07) is 12.2. The third-order valence-corrected chi connectivity index (χ3v) is 4.66. The lowest BCUT2D eigenvalue weighted by Crippen LogP contribution is -2.24. The van der Waals surface area contributed by atoms with E-state index < -0.39 is 0 Å². The molecule has 5 nitrogen and oxygen atoms in total. The van der Waals surface area contributed by atoms with Gasteiger partial charge in [-0.05, 0) is 24.6 Å². The van der Waals surface area contributed by atoms with Crippen LogP contribution in [0.5, 0.6) is 0 Å². The molecule has 126 valence electrons. The highest BCUT2D eigenvalue weighted by atomic mass is 16.2. The average molecular weight is 332 g/mol. The fourth-order valence-corrected chi connectivity index (χ4v) is 3.23. The minimum atomic E-state index is 0.114. The standard InChI is InChI=1S/C20H20N4O/c1-14-4-6-15(7-5-14)12-24-13-17(9-19(24)25)20-22-11-18(23-20)16-3-2-8-21-10-16/h2-8,10-11,17H,9,12-13H2,1H3,(H,22,23)/t17-/m0/s1. The van der Waals surface area contributed by atoms with Crippen LogP contribution in [0.15, 0.2) is 55.0 Å². The second kappa shape index (κ2) is 6.51. The number of carbonyl (C=O) groups excluding carboxylic acids is 1. The number of hydrogen-bond acceptors (Lipinski definition) is 3. The maximum atomic E-state index is 12.4. The molecule has 1 aromatic carbocycles. The Bertz CT molecular complexity index is 870. The molecule has 0 bridgehead atoms. The quantitative estimate of drug-likeness (QED) is 0.797. The van der Waals surface area contributed by atoms with E-state index in [0.29, 0.717) is 19.5 Å². The Morgan fingerprint density at radius 1 is 1.20 bits per heavy atom. The van der Waals surface area contributed by atoms with E-state index in [1.165, 1.54) is 5.56 Å². The molecule has 1 atom stereocenters. The normalized spacial score (nSPS) is 17.2. The van der Waals surface area contributed by atoms with Gasteiger partial charge in [0.05, 0.1) is 11.9 Å². The van der Waals surface area contributed by atoms with Crippen molar-refractivity contribution in [1.82, 2.24) is 19.9 Å². The summed E-state index contributed by atoms with van der Waals surface area (Å²) in [5.74, 6) is 1.17. The van der Waals surface area contributed by atoms with Crippen molar-refractivity contribution in [3.63, 3.8) is 0 Å². The summed E-state index contributed by atoms with van der Waals surface area (Å²) in [6.07, 6.45) is 5.88. The van der Waals surface area contributed by atoms with Crippen LogP contribution in [-0.2, 0) is 11.3 Å². The van der Waals surface area contributed by atoms with Gasteiger partial charge in [-0.15, -0.1) is 0 Å². The number of nitrogens with one attached hydrogen (secondary N) is 1. The van der Waals surface area contributed by atoms with Crippen molar-refractivity contribution < 1.29 is 4.79 Å². The zero-order valence-corrected chi connectivity index (χ0v) is 14.1. The van der Waals surface area contributed by atoms with E-state index in [9.17, 15) is 4.79 Å². The number of imidazole rings is 1. The largest absolute Gasteiger partial charge is 0.342 e. The molecule has 1 N–H and O–H groups in total. The number of H-pyrrole nitrogens is 1. The van der Waals surface area contributed by atoms with Crippen LogP contribution in [0.2, 0.25) is 0 Å². The van der Waals surface area contributed by atoms with E-state index in [1.54, 1.807) is 12.4 Å². The van der Waals surface area contributed by atoms with Gasteiger partial charge in [-0.2, -0.15) is 0 Å². The monoisotopic (exact) mass is 332 g/mol. The summed E-state index contributed by atoms with van der Waals surface area (Å²) in [7, 11) is 0. The van der Waals surface area contributed by atoms with Crippen LogP contribution in [0.4, 0.5) is 0 Å². The number of amides is 1. The third-order valence-electron chi connectivity index (χ3n) is 4.66. The highest BCUT2D eigenvalue weighted by Gasteiger charge is 2.32. The van der Waals surface area contributed by atoms with Gasteiger partial charge in [0, 0.05) is 43.4 Å². The molecule has 3 aromatic rings. The Morgan fingerprint density at radius 3 is 2.80 bits per heavy atom. The molecule has 25 heavy (non-hydrogen) atoms. The van der Waals surface area contributed by atoms with Crippen LogP contribution in [-0.4, -0.2) is 32.3 Å². The van der Waals surface area contributed by atoms with Gasteiger partial charge in [-0.3, -0.25) is 9.78 Å². The van der Waals surface area contributed by atoms with Gasteiger partial charge in [0.25, 0.3) is 0 Å². The summed E-state index contributed by atoms with van der Waals surface area (Å²) in [6.45, 7) is 3.43. The Hall–Kier alpha value is -2.95. The molecular weight excluding hydrogens is 312 g/mol. The van der Waals surface area contributed by atoms with Gasteiger partial charge in [0.1, 0.15) is 5.82 Å². The molecule has 0 spiro atoms. The van der Waals surface area contributed by atoms with Gasteiger partial charge in [-0.25, -0.2) is 4.98 Å². The molecule has 3 heterocycles. The fraction of sp³-hybridized carbons (Fsp3) is 0.250. The molecule has 1 aliphatic rings. The number of benzene rings is 1. The van der Waals surface area contributed by atoms with E-state index >= 15 is 0 Å². The minimum Gasteiger partial charge on any atom is -0.342 e. The first kappa shape index (κ1) is 15.6. The molecule has 0 radical (unpaired) electrons. The van der Waals surface area contributed by atoms with Crippen molar-refractivity contribution in [2.45, 2.75) is 25.8 Å². The SMILES string of the molecule is Cc1ccc(CN2C[C@@H](c3ncc(-c4cccnc4)[nH]3)CC2=O)cc1. The lowest BCUT2D eigenvalue weighted by atomic mass is 10.1. The maximum absolute atomic E-state index is 12.4. The molecule has 1 amide bonds. The Kier molecular flexibility index (Phi) is 4.06. The summed E-state index contributed by atoms with van der Waals surface area (Å²) in [5.41, 5.74) is 4.33. The van der Waals surface area contributed by atoms with Crippen molar-refractivity contribution in [2.75, 3.05) is 6.54 Å². The van der Waals surface area contributed by atoms with Crippen LogP contribution < -0.4 is 0 Å². The number of rotatable bonds is 4. The number of aryl methyl sites for hydroxylation is 1. The summed E-state index contributed by atoms with van der Waals surface area (Å²) in [4.78, 5) is 26.3. The summed E-state index contributed by atoms with van der Waals surface area (Å²) < 4.78 is 0. The third kappa shape index (κ3) is 3.31. The second-order valence-corrected chi connectivity index (χ2v) is 6.58. The van der Waals surface area contributed by atoms with E-state index in [0.717, 1.165) is 22.6 Å². The van der Waals surface area contributed by atoms with E-state index in [2.05, 4.69) is 46.1 Å². The number of carbonyl (C=O) groups is 1. The van der Waals surface area contributed by atoms with Crippen molar-refractivity contribution in [2.24, 2.45) is 0 Å². The van der Waals surface area contributed by atoms with Gasteiger partial charge in [0.2, 0.25) is 5.91 Å². The number of likely N-dealkylation sites (tertiary alicyclic amines) is 1. The summed E-state index contributed by atoms with van der Waals surface area (Å²) in [5, 5.41) is 0. The number of aromatic amines is 1. The Balaban J connectivity index is 1.47. The smallest absolute Gasteiger partial charge is 0.223 e. The second-order valence-electron chi connectivity index (χ2n) is 6.58. The van der Waals surface area contributed by atoms with Crippen molar-refractivity contribution >= 4 is 5.91 Å². The Labute approximate surface area is 146 Å². The molecule has 1 saturated heterocycles.